The van der Waals surface area contributed by atoms with E-state index >= 15 is 0 Å². The van der Waals surface area contributed by atoms with Crippen LogP contribution in [0, 0.1) is 5.41 Å². The van der Waals surface area contributed by atoms with Crippen molar-refractivity contribution in [2.45, 2.75) is 40.0 Å². The highest BCUT2D eigenvalue weighted by Gasteiger charge is 2.45. The predicted octanol–water partition coefficient (Wildman–Crippen LogP) is 0.318. The first-order valence-electron chi connectivity index (χ1n) is 8.61. The zero-order valence-corrected chi connectivity index (χ0v) is 16.2. The first kappa shape index (κ1) is 24.0. The molecule has 1 aliphatic heterocycles. The first-order chi connectivity index (χ1) is 11.8. The maximum Gasteiger partial charge on any atom is 0.242 e. The molecule has 1 heterocycles. The minimum absolute atomic E-state index is 0. The Morgan fingerprint density at radius 3 is 2.19 bits per heavy atom. The Labute approximate surface area is 155 Å². The molecule has 0 unspecified atom stereocenters. The van der Waals surface area contributed by atoms with Crippen LogP contribution in [0.25, 0.3) is 0 Å². The van der Waals surface area contributed by atoms with Crippen molar-refractivity contribution in [1.82, 2.24) is 0 Å². The Kier molecular flexibility index (Phi) is 9.44. The number of amides is 2. The standard InChI is InChI=1S/C18H27N3O2.H4N2.H2O/c1-5-21-14-10-9-13(8-6-7-11-19)12-15(14)20(4)16(22)18(2,3)17(21)23;1-2;/h9-10,12H,5-8,11,19H2,1-4H3;1-2H2;1H2. The number of hydrazine groups is 1. The van der Waals surface area contributed by atoms with E-state index in [9.17, 15) is 9.59 Å². The third-order valence-corrected chi connectivity index (χ3v) is 4.55. The number of anilines is 2. The van der Waals surface area contributed by atoms with Crippen LogP contribution in [0.5, 0.6) is 0 Å². The molecule has 148 valence electrons. The van der Waals surface area contributed by atoms with Gasteiger partial charge in [-0.05, 0) is 64.3 Å². The smallest absolute Gasteiger partial charge is 0.242 e. The summed E-state index contributed by atoms with van der Waals surface area (Å²) in [6.45, 7) is 6.57. The molecule has 1 aromatic carbocycles. The van der Waals surface area contributed by atoms with Gasteiger partial charge >= 0.3 is 0 Å². The number of nitrogens with two attached hydrogens (primary N) is 3. The van der Waals surface area contributed by atoms with E-state index in [0.29, 0.717) is 13.1 Å². The van der Waals surface area contributed by atoms with Crippen LogP contribution in [0.2, 0.25) is 0 Å². The highest BCUT2D eigenvalue weighted by atomic mass is 16.2. The predicted molar refractivity (Wildman–Crippen MR) is 106 cm³/mol. The van der Waals surface area contributed by atoms with Crippen LogP contribution in [-0.2, 0) is 16.0 Å². The fraction of sp³-hybridized carbons (Fsp3) is 0.556. The Hall–Kier alpha value is -2.00. The lowest BCUT2D eigenvalue weighted by Crippen LogP contribution is -2.47. The molecule has 26 heavy (non-hydrogen) atoms. The molecular formula is C18H33N5O3. The molecule has 0 atom stereocenters. The van der Waals surface area contributed by atoms with E-state index in [4.69, 9.17) is 5.73 Å². The fourth-order valence-corrected chi connectivity index (χ4v) is 3.08. The summed E-state index contributed by atoms with van der Waals surface area (Å²) < 4.78 is 0. The number of hydrogen-bond acceptors (Lipinski definition) is 5. The molecule has 0 bridgehead atoms. The number of unbranched alkanes of at least 4 members (excludes halogenated alkanes) is 1. The van der Waals surface area contributed by atoms with Crippen molar-refractivity contribution in [3.8, 4) is 0 Å². The largest absolute Gasteiger partial charge is 0.412 e. The van der Waals surface area contributed by atoms with Crippen LogP contribution in [0.15, 0.2) is 18.2 Å². The zero-order chi connectivity index (χ0) is 19.2. The summed E-state index contributed by atoms with van der Waals surface area (Å²) in [5.74, 6) is 7.69. The Balaban J connectivity index is 0.00000201. The quantitative estimate of drug-likeness (QED) is 0.296. The Morgan fingerprint density at radius 1 is 1.04 bits per heavy atom. The molecule has 0 saturated carbocycles. The molecule has 0 radical (unpaired) electrons. The van der Waals surface area contributed by atoms with Crippen molar-refractivity contribution in [2.75, 3.05) is 29.9 Å². The molecule has 8 heteroatoms. The second-order valence-electron chi connectivity index (χ2n) is 6.61. The van der Waals surface area contributed by atoms with Gasteiger partial charge in [0.05, 0.1) is 11.4 Å². The maximum atomic E-state index is 12.8. The molecule has 2 amide bonds. The number of carbonyl (C=O) groups is 2. The van der Waals surface area contributed by atoms with E-state index in [1.807, 2.05) is 25.1 Å². The van der Waals surface area contributed by atoms with Gasteiger partial charge in [-0.15, -0.1) is 0 Å². The summed E-state index contributed by atoms with van der Waals surface area (Å²) >= 11 is 0. The second kappa shape index (κ2) is 10.2. The van der Waals surface area contributed by atoms with E-state index in [1.165, 1.54) is 5.56 Å². The van der Waals surface area contributed by atoms with Crippen LogP contribution in [0.3, 0.4) is 0 Å². The van der Waals surface area contributed by atoms with E-state index in [0.717, 1.165) is 30.6 Å². The van der Waals surface area contributed by atoms with Gasteiger partial charge in [-0.3, -0.25) is 21.3 Å². The van der Waals surface area contributed by atoms with Gasteiger partial charge in [0.2, 0.25) is 11.8 Å². The third-order valence-electron chi connectivity index (χ3n) is 4.55. The van der Waals surface area contributed by atoms with Crippen molar-refractivity contribution in [3.05, 3.63) is 23.8 Å². The summed E-state index contributed by atoms with van der Waals surface area (Å²) in [6.07, 6.45) is 2.93. The topological polar surface area (TPSA) is 150 Å². The molecule has 8 nitrogen and oxygen atoms in total. The molecule has 0 fully saturated rings. The number of rotatable bonds is 5. The summed E-state index contributed by atoms with van der Waals surface area (Å²) in [5, 5.41) is 0. The van der Waals surface area contributed by atoms with E-state index < -0.39 is 5.41 Å². The fourth-order valence-electron chi connectivity index (χ4n) is 3.08. The maximum absolute atomic E-state index is 12.8. The lowest BCUT2D eigenvalue weighted by atomic mass is 9.90. The summed E-state index contributed by atoms with van der Waals surface area (Å²) in [4.78, 5) is 28.8. The third kappa shape index (κ3) is 4.59. The SMILES string of the molecule is CCN1C(=O)C(C)(C)C(=O)N(C)c2cc(CCCCN)ccc21.NN.O. The van der Waals surface area contributed by atoms with Crippen molar-refractivity contribution in [3.63, 3.8) is 0 Å². The van der Waals surface area contributed by atoms with Crippen molar-refractivity contribution in [2.24, 2.45) is 22.8 Å². The van der Waals surface area contributed by atoms with Crippen molar-refractivity contribution in [1.29, 1.82) is 0 Å². The minimum Gasteiger partial charge on any atom is -0.412 e. The lowest BCUT2D eigenvalue weighted by molar-refractivity contribution is -0.137. The number of nitrogens with zero attached hydrogens (tertiary/aromatic N) is 2. The molecule has 8 N–H and O–H groups in total. The van der Waals surface area contributed by atoms with Gasteiger partial charge in [0, 0.05) is 13.6 Å². The highest BCUT2D eigenvalue weighted by Crippen LogP contribution is 2.38. The summed E-state index contributed by atoms with van der Waals surface area (Å²) in [7, 11) is 1.75. The van der Waals surface area contributed by atoms with Gasteiger partial charge in [0.25, 0.3) is 0 Å². The second-order valence-corrected chi connectivity index (χ2v) is 6.61. The number of benzene rings is 1. The van der Waals surface area contributed by atoms with Gasteiger partial charge in [-0.1, -0.05) is 6.07 Å². The van der Waals surface area contributed by atoms with Crippen LogP contribution in [-0.4, -0.2) is 37.4 Å². The molecule has 0 aromatic heterocycles. The molecule has 0 aliphatic carbocycles. The monoisotopic (exact) mass is 367 g/mol. The van der Waals surface area contributed by atoms with Crippen LogP contribution in [0.4, 0.5) is 11.4 Å². The normalized spacial score (nSPS) is 15.5. The van der Waals surface area contributed by atoms with Gasteiger partial charge < -0.3 is 21.0 Å². The summed E-state index contributed by atoms with van der Waals surface area (Å²) in [6, 6.07) is 6.03. The number of fused-ring (bicyclic) bond motifs is 1. The van der Waals surface area contributed by atoms with E-state index in [1.54, 1.807) is 30.7 Å². The van der Waals surface area contributed by atoms with Crippen LogP contribution < -0.4 is 27.2 Å². The van der Waals surface area contributed by atoms with Gasteiger partial charge in [0.1, 0.15) is 5.41 Å². The lowest BCUT2D eigenvalue weighted by Gasteiger charge is -2.27. The van der Waals surface area contributed by atoms with Crippen molar-refractivity contribution < 1.29 is 15.1 Å². The van der Waals surface area contributed by atoms with Gasteiger partial charge in [-0.25, -0.2) is 0 Å². The Morgan fingerprint density at radius 2 is 1.65 bits per heavy atom. The van der Waals surface area contributed by atoms with Gasteiger partial charge in [-0.2, -0.15) is 0 Å². The van der Waals surface area contributed by atoms with Crippen LogP contribution >= 0.6 is 0 Å². The van der Waals surface area contributed by atoms with Crippen molar-refractivity contribution >= 4 is 23.2 Å². The molecule has 2 rings (SSSR count). The minimum atomic E-state index is -1.05. The average molecular weight is 367 g/mol. The van der Waals surface area contributed by atoms with Gasteiger partial charge in [0.15, 0.2) is 0 Å². The Bertz CT molecular complexity index is 619. The van der Waals surface area contributed by atoms with E-state index in [-0.39, 0.29) is 17.3 Å². The highest BCUT2D eigenvalue weighted by molar-refractivity contribution is 6.19. The van der Waals surface area contributed by atoms with Crippen LogP contribution in [0.1, 0.15) is 39.2 Å². The number of hydrogen-bond donors (Lipinski definition) is 3. The average Bonchev–Trinajstić information content (AvgIpc) is 2.67. The number of aryl methyl sites for hydroxylation is 1. The molecular weight excluding hydrogens is 334 g/mol. The van der Waals surface area contributed by atoms with E-state index in [2.05, 4.69) is 11.7 Å². The number of carbonyl (C=O) groups excluding carboxylic acids is 2. The zero-order valence-electron chi connectivity index (χ0n) is 16.2. The first-order valence-corrected chi connectivity index (χ1v) is 8.61. The molecule has 0 saturated heterocycles. The molecule has 1 aromatic rings. The molecule has 0 spiro atoms. The summed E-state index contributed by atoms with van der Waals surface area (Å²) in [5.41, 5.74) is 7.28. The molecule has 1 aliphatic rings.